The third-order valence-electron chi connectivity index (χ3n) is 4.53. The SMILES string of the molecule is O=C(Cc1ccccc1[N+](=O)[O-])n1ccccc1=NC1CCCCC1. The fourth-order valence-electron chi connectivity index (χ4n) is 3.23. The van der Waals surface area contributed by atoms with Crippen molar-refractivity contribution in [2.45, 2.75) is 44.6 Å². The number of nitrogens with zero attached hydrogens (tertiary/aromatic N) is 3. The molecule has 0 spiro atoms. The van der Waals surface area contributed by atoms with Gasteiger partial charge in [-0.25, -0.2) is 0 Å². The average molecular weight is 339 g/mol. The highest BCUT2D eigenvalue weighted by Gasteiger charge is 2.17. The van der Waals surface area contributed by atoms with Crippen LogP contribution in [0, 0.1) is 10.1 Å². The predicted octanol–water partition coefficient (Wildman–Crippen LogP) is 3.51. The van der Waals surface area contributed by atoms with E-state index in [9.17, 15) is 14.9 Å². The topological polar surface area (TPSA) is 77.5 Å². The molecular formula is C19H21N3O3. The lowest BCUT2D eigenvalue weighted by atomic mass is 9.96. The van der Waals surface area contributed by atoms with E-state index < -0.39 is 4.92 Å². The van der Waals surface area contributed by atoms with Gasteiger partial charge in [0.05, 0.1) is 17.4 Å². The Morgan fingerprint density at radius 1 is 1.12 bits per heavy atom. The number of para-hydroxylation sites is 1. The van der Waals surface area contributed by atoms with Gasteiger partial charge >= 0.3 is 0 Å². The zero-order valence-electron chi connectivity index (χ0n) is 14.0. The molecule has 0 amide bonds. The van der Waals surface area contributed by atoms with Crippen LogP contribution in [0.4, 0.5) is 5.69 Å². The Bertz CT molecular complexity index is 836. The Balaban J connectivity index is 1.88. The number of hydrogen-bond donors (Lipinski definition) is 0. The molecule has 2 aromatic rings. The fraction of sp³-hybridized carbons (Fsp3) is 0.368. The Hall–Kier alpha value is -2.76. The first-order chi connectivity index (χ1) is 12.1. The largest absolute Gasteiger partial charge is 0.274 e. The number of benzene rings is 1. The van der Waals surface area contributed by atoms with E-state index in [0.29, 0.717) is 11.1 Å². The summed E-state index contributed by atoms with van der Waals surface area (Å²) in [6.07, 6.45) is 7.34. The van der Waals surface area contributed by atoms with Crippen LogP contribution in [-0.4, -0.2) is 21.4 Å². The molecule has 6 heteroatoms. The van der Waals surface area contributed by atoms with Crippen molar-refractivity contribution in [3.63, 3.8) is 0 Å². The number of carbonyl (C=O) groups excluding carboxylic acids is 1. The molecule has 1 saturated carbocycles. The van der Waals surface area contributed by atoms with Crippen molar-refractivity contribution in [3.8, 4) is 0 Å². The Morgan fingerprint density at radius 2 is 1.84 bits per heavy atom. The van der Waals surface area contributed by atoms with Crippen LogP contribution in [0.3, 0.4) is 0 Å². The minimum atomic E-state index is -0.453. The highest BCUT2D eigenvalue weighted by atomic mass is 16.6. The average Bonchev–Trinajstić information content (AvgIpc) is 2.63. The van der Waals surface area contributed by atoms with E-state index in [0.717, 1.165) is 12.8 Å². The van der Waals surface area contributed by atoms with E-state index >= 15 is 0 Å². The summed E-state index contributed by atoms with van der Waals surface area (Å²) in [5.74, 6) is -0.218. The minimum Gasteiger partial charge on any atom is -0.274 e. The predicted molar refractivity (Wildman–Crippen MR) is 94.3 cm³/mol. The Kier molecular flexibility index (Phi) is 5.38. The molecule has 1 fully saturated rings. The summed E-state index contributed by atoms with van der Waals surface area (Å²) in [7, 11) is 0. The van der Waals surface area contributed by atoms with Crippen LogP contribution in [0.5, 0.6) is 0 Å². The standard InChI is InChI=1S/C19H21N3O3/c23-19(14-15-8-4-5-11-17(15)22(24)25)21-13-7-6-12-18(21)20-16-9-2-1-3-10-16/h4-8,11-13,16H,1-3,9-10,14H2. The van der Waals surface area contributed by atoms with Crippen molar-refractivity contribution in [1.29, 1.82) is 0 Å². The zero-order chi connectivity index (χ0) is 17.6. The van der Waals surface area contributed by atoms with Gasteiger partial charge in [-0.05, 0) is 25.0 Å². The number of pyridine rings is 1. The van der Waals surface area contributed by atoms with Gasteiger partial charge in [0, 0.05) is 17.8 Å². The van der Waals surface area contributed by atoms with Crippen molar-refractivity contribution >= 4 is 11.6 Å². The van der Waals surface area contributed by atoms with Gasteiger partial charge in [0.2, 0.25) is 5.91 Å². The van der Waals surface area contributed by atoms with Crippen LogP contribution in [0.1, 0.15) is 42.5 Å². The molecule has 6 nitrogen and oxygen atoms in total. The van der Waals surface area contributed by atoms with Crippen LogP contribution in [0.15, 0.2) is 53.7 Å². The molecule has 25 heavy (non-hydrogen) atoms. The van der Waals surface area contributed by atoms with Crippen LogP contribution in [0.2, 0.25) is 0 Å². The van der Waals surface area contributed by atoms with E-state index in [1.807, 2.05) is 12.1 Å². The van der Waals surface area contributed by atoms with Gasteiger partial charge in [-0.2, -0.15) is 0 Å². The number of hydrogen-bond acceptors (Lipinski definition) is 4. The molecule has 0 saturated heterocycles. The van der Waals surface area contributed by atoms with Gasteiger partial charge in [0.1, 0.15) is 5.49 Å². The number of nitro groups is 1. The number of aromatic nitrogens is 1. The normalized spacial score (nSPS) is 15.9. The van der Waals surface area contributed by atoms with E-state index in [4.69, 9.17) is 4.99 Å². The maximum atomic E-state index is 12.7. The minimum absolute atomic E-state index is 0.0288. The van der Waals surface area contributed by atoms with Gasteiger partial charge in [-0.3, -0.25) is 24.5 Å². The second-order valence-corrected chi connectivity index (χ2v) is 6.31. The molecule has 1 aliphatic carbocycles. The van der Waals surface area contributed by atoms with E-state index in [-0.39, 0.29) is 24.1 Å². The van der Waals surface area contributed by atoms with E-state index in [2.05, 4.69) is 0 Å². The summed E-state index contributed by atoms with van der Waals surface area (Å²) in [5.41, 5.74) is 1.01. The van der Waals surface area contributed by atoms with Crippen molar-refractivity contribution < 1.29 is 9.72 Å². The molecular weight excluding hydrogens is 318 g/mol. The second kappa shape index (κ2) is 7.88. The fourth-order valence-corrected chi connectivity index (χ4v) is 3.23. The third-order valence-corrected chi connectivity index (χ3v) is 4.53. The summed E-state index contributed by atoms with van der Waals surface area (Å²) in [6, 6.07) is 12.1. The smallest absolute Gasteiger partial charge is 0.273 e. The lowest BCUT2D eigenvalue weighted by molar-refractivity contribution is -0.385. The van der Waals surface area contributed by atoms with Crippen LogP contribution >= 0.6 is 0 Å². The van der Waals surface area contributed by atoms with E-state index in [1.165, 1.54) is 29.9 Å². The summed E-state index contributed by atoms with van der Waals surface area (Å²) in [5, 5.41) is 11.1. The lowest BCUT2D eigenvalue weighted by Crippen LogP contribution is -2.30. The molecule has 1 aliphatic rings. The van der Waals surface area contributed by atoms with Crippen molar-refractivity contribution in [2.75, 3.05) is 0 Å². The molecule has 0 N–H and O–H groups in total. The molecule has 3 rings (SSSR count). The van der Waals surface area contributed by atoms with Crippen LogP contribution in [-0.2, 0) is 6.42 Å². The molecule has 0 bridgehead atoms. The highest BCUT2D eigenvalue weighted by Crippen LogP contribution is 2.20. The maximum absolute atomic E-state index is 12.7. The number of nitro benzene ring substituents is 1. The van der Waals surface area contributed by atoms with Gasteiger partial charge in [0.15, 0.2) is 0 Å². The van der Waals surface area contributed by atoms with Crippen molar-refractivity contribution in [1.82, 2.24) is 4.57 Å². The van der Waals surface area contributed by atoms with Gasteiger partial charge < -0.3 is 0 Å². The molecule has 1 heterocycles. The number of carbonyl (C=O) groups is 1. The highest BCUT2D eigenvalue weighted by molar-refractivity contribution is 5.82. The third kappa shape index (κ3) is 4.21. The molecule has 0 atom stereocenters. The van der Waals surface area contributed by atoms with Crippen molar-refractivity contribution in [2.24, 2.45) is 4.99 Å². The Morgan fingerprint density at radius 3 is 2.60 bits per heavy atom. The molecule has 1 aromatic carbocycles. The lowest BCUT2D eigenvalue weighted by Gasteiger charge is -2.17. The summed E-state index contributed by atoms with van der Waals surface area (Å²) < 4.78 is 1.51. The molecule has 0 aliphatic heterocycles. The first-order valence-electron chi connectivity index (χ1n) is 8.62. The molecule has 0 radical (unpaired) electrons. The summed E-state index contributed by atoms with van der Waals surface area (Å²) >= 11 is 0. The Labute approximate surface area is 146 Å². The first kappa shape index (κ1) is 17.1. The van der Waals surface area contributed by atoms with Crippen molar-refractivity contribution in [3.05, 3.63) is 69.8 Å². The van der Waals surface area contributed by atoms with E-state index in [1.54, 1.807) is 30.5 Å². The van der Waals surface area contributed by atoms with Crippen LogP contribution < -0.4 is 5.49 Å². The van der Waals surface area contributed by atoms with Gasteiger partial charge in [-0.15, -0.1) is 0 Å². The number of rotatable bonds is 4. The first-order valence-corrected chi connectivity index (χ1v) is 8.62. The second-order valence-electron chi connectivity index (χ2n) is 6.31. The zero-order valence-corrected chi connectivity index (χ0v) is 14.0. The summed E-state index contributed by atoms with van der Waals surface area (Å²) in [4.78, 5) is 28.2. The van der Waals surface area contributed by atoms with Gasteiger partial charge in [-0.1, -0.05) is 43.5 Å². The van der Waals surface area contributed by atoms with Crippen LogP contribution in [0.25, 0.3) is 0 Å². The molecule has 1 aromatic heterocycles. The van der Waals surface area contributed by atoms with Gasteiger partial charge in [0.25, 0.3) is 5.69 Å². The maximum Gasteiger partial charge on any atom is 0.273 e. The quantitative estimate of drug-likeness (QED) is 0.631. The molecule has 130 valence electrons. The molecule has 0 unspecified atom stereocenters. The monoisotopic (exact) mass is 339 g/mol. The summed E-state index contributed by atoms with van der Waals surface area (Å²) in [6.45, 7) is 0.